The van der Waals surface area contributed by atoms with Crippen LogP contribution in [0.2, 0.25) is 5.02 Å². The van der Waals surface area contributed by atoms with Gasteiger partial charge in [0.2, 0.25) is 0 Å². The largest absolute Gasteiger partial charge is 0.489 e. The van der Waals surface area contributed by atoms with Crippen molar-refractivity contribution in [3.05, 3.63) is 81.2 Å². The summed E-state index contributed by atoms with van der Waals surface area (Å²) in [6.07, 6.45) is 7.94. The molecule has 3 atom stereocenters. The van der Waals surface area contributed by atoms with E-state index in [9.17, 15) is 9.18 Å². The lowest BCUT2D eigenvalue weighted by Crippen LogP contribution is -2.26. The predicted molar refractivity (Wildman–Crippen MR) is 121 cm³/mol. The van der Waals surface area contributed by atoms with Crippen LogP contribution in [0.15, 0.2) is 53.2 Å². The van der Waals surface area contributed by atoms with Crippen molar-refractivity contribution in [2.75, 3.05) is 6.61 Å². The number of hydrogen-bond donors (Lipinski definition) is 1. The third kappa shape index (κ3) is 3.71. The van der Waals surface area contributed by atoms with Crippen LogP contribution >= 0.6 is 11.6 Å². The number of fused-ring (bicyclic) bond motifs is 1. The molecule has 1 saturated carbocycles. The number of allylic oxidation sites excluding steroid dienone is 4. The number of aryl methyl sites for hydroxylation is 2. The van der Waals surface area contributed by atoms with Gasteiger partial charge in [0, 0.05) is 22.8 Å². The highest BCUT2D eigenvalue weighted by molar-refractivity contribution is 6.31. The van der Waals surface area contributed by atoms with E-state index in [2.05, 4.69) is 15.0 Å². The second kappa shape index (κ2) is 7.81. The molecule has 0 bridgehead atoms. The maximum atomic E-state index is 14.2. The minimum absolute atomic E-state index is 0.0671. The molecule has 5 rings (SSSR count). The highest BCUT2D eigenvalue weighted by atomic mass is 35.5. The molecule has 0 radical (unpaired) electrons. The topological polar surface area (TPSA) is 80.8 Å². The minimum atomic E-state index is -0.393. The molecular formula is C24H22ClFN4O2. The van der Waals surface area contributed by atoms with Crippen molar-refractivity contribution >= 4 is 22.5 Å². The molecule has 6 nitrogen and oxygen atoms in total. The van der Waals surface area contributed by atoms with Gasteiger partial charge >= 0.3 is 0 Å². The molecule has 1 fully saturated rings. The number of nitrogens with zero attached hydrogens (tertiary/aromatic N) is 3. The van der Waals surface area contributed by atoms with E-state index in [1.807, 2.05) is 19.9 Å². The molecular weight excluding hydrogens is 431 g/mol. The first kappa shape index (κ1) is 20.8. The van der Waals surface area contributed by atoms with Crippen LogP contribution < -0.4 is 10.3 Å². The molecule has 0 spiro atoms. The number of H-pyrrole nitrogens is 1. The number of halogens is 2. The molecule has 0 aliphatic heterocycles. The molecule has 32 heavy (non-hydrogen) atoms. The molecule has 2 aliphatic rings. The van der Waals surface area contributed by atoms with Crippen LogP contribution in [0.4, 0.5) is 4.39 Å². The van der Waals surface area contributed by atoms with Gasteiger partial charge < -0.3 is 9.72 Å². The van der Waals surface area contributed by atoms with Gasteiger partial charge in [0.1, 0.15) is 17.5 Å². The van der Waals surface area contributed by atoms with Crippen LogP contribution in [-0.4, -0.2) is 26.5 Å². The zero-order valence-corrected chi connectivity index (χ0v) is 18.5. The van der Waals surface area contributed by atoms with Crippen molar-refractivity contribution in [3.8, 4) is 5.75 Å². The summed E-state index contributed by atoms with van der Waals surface area (Å²) in [6, 6.07) is 5.07. The molecule has 1 N–H and O–H groups in total. The Balaban J connectivity index is 1.49. The molecule has 0 amide bonds. The van der Waals surface area contributed by atoms with Gasteiger partial charge in [0.15, 0.2) is 5.75 Å². The summed E-state index contributed by atoms with van der Waals surface area (Å²) in [7, 11) is 0. The Bertz CT molecular complexity index is 1340. The van der Waals surface area contributed by atoms with E-state index in [4.69, 9.17) is 21.3 Å². The summed E-state index contributed by atoms with van der Waals surface area (Å²) in [5.74, 6) is 1.57. The average Bonchev–Trinajstić information content (AvgIpc) is 3.49. The zero-order valence-electron chi connectivity index (χ0n) is 17.7. The number of hydrogen-bond acceptors (Lipinski definition) is 5. The Labute approximate surface area is 189 Å². The van der Waals surface area contributed by atoms with E-state index < -0.39 is 5.41 Å². The van der Waals surface area contributed by atoms with Crippen molar-refractivity contribution in [2.24, 2.45) is 11.3 Å². The molecule has 2 aliphatic carbocycles. The first-order chi connectivity index (χ1) is 15.4. The maximum absolute atomic E-state index is 14.2. The molecule has 0 saturated heterocycles. The summed E-state index contributed by atoms with van der Waals surface area (Å²) in [5, 5.41) is 0.930. The molecule has 2 heterocycles. The first-order valence-electron chi connectivity index (χ1n) is 10.5. The van der Waals surface area contributed by atoms with Crippen molar-refractivity contribution in [3.63, 3.8) is 0 Å². The Hall–Kier alpha value is -3.06. The molecule has 164 valence electrons. The van der Waals surface area contributed by atoms with Gasteiger partial charge in [-0.1, -0.05) is 23.8 Å². The van der Waals surface area contributed by atoms with E-state index in [0.29, 0.717) is 46.4 Å². The number of aromatic nitrogens is 4. The van der Waals surface area contributed by atoms with E-state index in [1.54, 1.807) is 30.5 Å². The number of nitrogens with one attached hydrogen (secondary N) is 1. The number of benzene rings is 1. The van der Waals surface area contributed by atoms with Gasteiger partial charge in [-0.3, -0.25) is 4.79 Å². The molecule has 2 aromatic heterocycles. The van der Waals surface area contributed by atoms with Crippen LogP contribution in [0, 0.1) is 25.2 Å². The predicted octanol–water partition coefficient (Wildman–Crippen LogP) is 4.97. The summed E-state index contributed by atoms with van der Waals surface area (Å²) in [5.41, 5.74) is 0.713. The Kier molecular flexibility index (Phi) is 5.08. The van der Waals surface area contributed by atoms with Gasteiger partial charge in [0.05, 0.1) is 29.4 Å². The zero-order chi connectivity index (χ0) is 22.5. The van der Waals surface area contributed by atoms with Crippen LogP contribution in [-0.2, 0) is 0 Å². The van der Waals surface area contributed by atoms with Gasteiger partial charge in [-0.05, 0) is 50.5 Å². The second-order valence-electron chi connectivity index (χ2n) is 8.57. The van der Waals surface area contributed by atoms with Crippen LogP contribution in [0.1, 0.15) is 36.1 Å². The van der Waals surface area contributed by atoms with Crippen molar-refractivity contribution in [1.82, 2.24) is 19.9 Å². The smallest absolute Gasteiger partial charge is 0.258 e. The molecule has 3 aromatic rings. The summed E-state index contributed by atoms with van der Waals surface area (Å²) < 4.78 is 20.3. The Morgan fingerprint density at radius 3 is 2.94 bits per heavy atom. The van der Waals surface area contributed by atoms with Gasteiger partial charge in [-0.25, -0.2) is 19.3 Å². The number of rotatable bonds is 5. The van der Waals surface area contributed by atoms with Crippen molar-refractivity contribution in [2.45, 2.75) is 32.6 Å². The van der Waals surface area contributed by atoms with Crippen molar-refractivity contribution in [1.29, 1.82) is 0 Å². The second-order valence-corrected chi connectivity index (χ2v) is 9.00. The van der Waals surface area contributed by atoms with Gasteiger partial charge in [-0.2, -0.15) is 0 Å². The number of aromatic amines is 1. The lowest BCUT2D eigenvalue weighted by molar-refractivity contribution is 0.181. The lowest BCUT2D eigenvalue weighted by Gasteiger charge is -2.27. The Morgan fingerprint density at radius 2 is 2.16 bits per heavy atom. The minimum Gasteiger partial charge on any atom is -0.489 e. The fraction of sp³-hybridized carbons (Fsp3) is 0.333. The SMILES string of the molecule is Cc1ncc(OC[C@@]2(C3C=CC=C(F)C3)C[C@H]2c2nc3ccc(Cl)cc3c(=O)[nH]2)c(C)n1. The molecule has 8 heteroatoms. The fourth-order valence-electron chi connectivity index (χ4n) is 4.62. The van der Waals surface area contributed by atoms with E-state index in [1.165, 1.54) is 6.08 Å². The third-order valence-electron chi connectivity index (χ3n) is 6.46. The quantitative estimate of drug-likeness (QED) is 0.591. The summed E-state index contributed by atoms with van der Waals surface area (Å²) >= 11 is 6.03. The molecule has 1 unspecified atom stereocenters. The van der Waals surface area contributed by atoms with E-state index in [-0.39, 0.29) is 23.2 Å². The van der Waals surface area contributed by atoms with Gasteiger partial charge in [-0.15, -0.1) is 0 Å². The Morgan fingerprint density at radius 1 is 1.31 bits per heavy atom. The highest BCUT2D eigenvalue weighted by Gasteiger charge is 2.61. The van der Waals surface area contributed by atoms with Crippen LogP contribution in [0.3, 0.4) is 0 Å². The van der Waals surface area contributed by atoms with E-state index >= 15 is 0 Å². The maximum Gasteiger partial charge on any atom is 0.258 e. The standard InChI is InChI=1S/C24H22ClFN4O2/c1-13-21(11-27-14(2)28-13)32-12-24(15-4-3-5-17(26)8-15)10-19(24)22-29-20-7-6-16(25)9-18(20)23(31)30-22/h3-7,9,11,15,19H,8,10,12H2,1-2H3,(H,29,30,31)/t15?,19-,24+/m0/s1. The monoisotopic (exact) mass is 452 g/mol. The summed E-state index contributed by atoms with van der Waals surface area (Å²) in [6.45, 7) is 4.04. The summed E-state index contributed by atoms with van der Waals surface area (Å²) in [4.78, 5) is 28.9. The van der Waals surface area contributed by atoms with Crippen LogP contribution in [0.25, 0.3) is 10.9 Å². The highest BCUT2D eigenvalue weighted by Crippen LogP contribution is 2.65. The number of ether oxygens (including phenoxy) is 1. The first-order valence-corrected chi connectivity index (χ1v) is 10.9. The van der Waals surface area contributed by atoms with Crippen molar-refractivity contribution < 1.29 is 9.13 Å². The van der Waals surface area contributed by atoms with E-state index in [0.717, 1.165) is 12.1 Å². The van der Waals surface area contributed by atoms with Gasteiger partial charge in [0.25, 0.3) is 5.56 Å². The molecule has 1 aromatic carbocycles. The van der Waals surface area contributed by atoms with Crippen LogP contribution in [0.5, 0.6) is 5.75 Å². The third-order valence-corrected chi connectivity index (χ3v) is 6.69. The fourth-order valence-corrected chi connectivity index (χ4v) is 4.79. The average molecular weight is 453 g/mol. The lowest BCUT2D eigenvalue weighted by atomic mass is 9.82. The normalized spacial score (nSPS) is 24.4.